The molecule has 0 aliphatic carbocycles. The van der Waals surface area contributed by atoms with Crippen LogP contribution in [0.1, 0.15) is 30.8 Å². The van der Waals surface area contributed by atoms with E-state index < -0.39 is 0 Å². The van der Waals surface area contributed by atoms with Crippen molar-refractivity contribution in [3.8, 4) is 0 Å². The van der Waals surface area contributed by atoms with Crippen molar-refractivity contribution in [2.75, 3.05) is 25.5 Å². The first-order valence-corrected chi connectivity index (χ1v) is 5.90. The van der Waals surface area contributed by atoms with Crippen LogP contribution in [-0.2, 0) is 19.3 Å². The number of rotatable bonds is 5. The highest BCUT2D eigenvalue weighted by molar-refractivity contribution is 5.36. The average molecular weight is 222 g/mol. The molecule has 0 unspecified atom stereocenters. The van der Waals surface area contributed by atoms with Crippen molar-refractivity contribution in [1.29, 1.82) is 0 Å². The number of aryl methyl sites for hydroxylation is 2. The van der Waals surface area contributed by atoms with E-state index in [1.54, 1.807) is 0 Å². The lowest BCUT2D eigenvalue weighted by molar-refractivity contribution is 0.826. The van der Waals surface area contributed by atoms with Gasteiger partial charge in [-0.3, -0.25) is 0 Å². The Labute approximate surface area is 97.9 Å². The SMILES string of the molecule is CCc1nc(N(C)C)nc(CC)c1CCN. The molecule has 0 aliphatic rings. The summed E-state index contributed by atoms with van der Waals surface area (Å²) in [7, 11) is 3.94. The van der Waals surface area contributed by atoms with E-state index in [9.17, 15) is 0 Å². The number of nitrogens with zero attached hydrogens (tertiary/aromatic N) is 3. The van der Waals surface area contributed by atoms with Crippen LogP contribution in [0, 0.1) is 0 Å². The molecule has 2 N–H and O–H groups in total. The smallest absolute Gasteiger partial charge is 0.225 e. The van der Waals surface area contributed by atoms with Crippen LogP contribution in [0.25, 0.3) is 0 Å². The molecule has 90 valence electrons. The molecule has 0 saturated carbocycles. The Kier molecular flexibility index (Phi) is 4.68. The normalized spacial score (nSPS) is 10.6. The van der Waals surface area contributed by atoms with E-state index in [-0.39, 0.29) is 0 Å². The van der Waals surface area contributed by atoms with Gasteiger partial charge in [-0.05, 0) is 31.4 Å². The third kappa shape index (κ3) is 2.70. The van der Waals surface area contributed by atoms with Crippen LogP contribution in [0.15, 0.2) is 0 Å². The van der Waals surface area contributed by atoms with Crippen molar-refractivity contribution < 1.29 is 0 Å². The minimum Gasteiger partial charge on any atom is -0.347 e. The molecule has 1 aromatic rings. The summed E-state index contributed by atoms with van der Waals surface area (Å²) in [5.74, 6) is 0.800. The Morgan fingerprint density at radius 1 is 1.06 bits per heavy atom. The maximum Gasteiger partial charge on any atom is 0.225 e. The Bertz CT molecular complexity index is 322. The number of nitrogens with two attached hydrogens (primary N) is 1. The number of hydrogen-bond acceptors (Lipinski definition) is 4. The second-order valence-electron chi connectivity index (χ2n) is 4.04. The summed E-state index contributed by atoms with van der Waals surface area (Å²) in [6.07, 6.45) is 2.75. The minimum absolute atomic E-state index is 0.657. The molecular weight excluding hydrogens is 200 g/mol. The highest BCUT2D eigenvalue weighted by atomic mass is 15.2. The van der Waals surface area contributed by atoms with Gasteiger partial charge in [-0.2, -0.15) is 0 Å². The molecule has 16 heavy (non-hydrogen) atoms. The van der Waals surface area contributed by atoms with Gasteiger partial charge < -0.3 is 10.6 Å². The Hall–Kier alpha value is -1.16. The maximum atomic E-state index is 5.64. The van der Waals surface area contributed by atoms with Crippen LogP contribution in [-0.4, -0.2) is 30.6 Å². The third-order valence-corrected chi connectivity index (χ3v) is 2.63. The van der Waals surface area contributed by atoms with Gasteiger partial charge in [0, 0.05) is 25.5 Å². The standard InChI is InChI=1S/C12H22N4/c1-5-10-9(7-8-13)11(6-2)15-12(14-10)16(3)4/h5-8,13H2,1-4H3. The van der Waals surface area contributed by atoms with Gasteiger partial charge in [-0.1, -0.05) is 13.8 Å². The predicted octanol–water partition coefficient (Wildman–Crippen LogP) is 1.17. The summed E-state index contributed by atoms with van der Waals surface area (Å²) in [5, 5.41) is 0. The molecule has 1 heterocycles. The largest absolute Gasteiger partial charge is 0.347 e. The highest BCUT2D eigenvalue weighted by Crippen LogP contribution is 2.17. The lowest BCUT2D eigenvalue weighted by Crippen LogP contribution is -2.18. The second kappa shape index (κ2) is 5.80. The van der Waals surface area contributed by atoms with Crippen LogP contribution in [0.2, 0.25) is 0 Å². The molecule has 0 fully saturated rings. The molecule has 0 saturated heterocycles. The van der Waals surface area contributed by atoms with Crippen LogP contribution < -0.4 is 10.6 Å². The summed E-state index contributed by atoms with van der Waals surface area (Å²) in [4.78, 5) is 11.1. The molecule has 0 bridgehead atoms. The average Bonchev–Trinajstić information content (AvgIpc) is 2.29. The fourth-order valence-electron chi connectivity index (χ4n) is 1.79. The maximum absolute atomic E-state index is 5.64. The van der Waals surface area contributed by atoms with Crippen LogP contribution in [0.3, 0.4) is 0 Å². The van der Waals surface area contributed by atoms with Crippen molar-refractivity contribution in [2.24, 2.45) is 5.73 Å². The van der Waals surface area contributed by atoms with Gasteiger partial charge in [0.1, 0.15) is 0 Å². The molecule has 1 aromatic heterocycles. The van der Waals surface area contributed by atoms with E-state index in [1.807, 2.05) is 19.0 Å². The zero-order chi connectivity index (χ0) is 12.1. The zero-order valence-corrected chi connectivity index (χ0v) is 10.7. The van der Waals surface area contributed by atoms with Crippen LogP contribution in [0.4, 0.5) is 5.95 Å². The highest BCUT2D eigenvalue weighted by Gasteiger charge is 2.12. The van der Waals surface area contributed by atoms with Crippen LogP contribution >= 0.6 is 0 Å². The monoisotopic (exact) mass is 222 g/mol. The van der Waals surface area contributed by atoms with Gasteiger partial charge in [0.05, 0.1) is 0 Å². The van der Waals surface area contributed by atoms with E-state index in [1.165, 1.54) is 5.56 Å². The fourth-order valence-corrected chi connectivity index (χ4v) is 1.79. The van der Waals surface area contributed by atoms with Gasteiger partial charge >= 0.3 is 0 Å². The molecule has 0 spiro atoms. The summed E-state index contributed by atoms with van der Waals surface area (Å²) in [6.45, 7) is 4.91. The summed E-state index contributed by atoms with van der Waals surface area (Å²) in [5.41, 5.74) is 9.17. The van der Waals surface area contributed by atoms with Gasteiger partial charge in [-0.15, -0.1) is 0 Å². The van der Waals surface area contributed by atoms with Crippen molar-refractivity contribution in [3.63, 3.8) is 0 Å². The van der Waals surface area contributed by atoms with Crippen molar-refractivity contribution >= 4 is 5.95 Å². The topological polar surface area (TPSA) is 55.0 Å². The fraction of sp³-hybridized carbons (Fsp3) is 0.667. The Balaban J connectivity index is 3.25. The molecule has 0 atom stereocenters. The molecule has 4 heteroatoms. The summed E-state index contributed by atoms with van der Waals surface area (Å²) < 4.78 is 0. The quantitative estimate of drug-likeness (QED) is 0.812. The van der Waals surface area contributed by atoms with Gasteiger partial charge in [0.2, 0.25) is 5.95 Å². The van der Waals surface area contributed by atoms with Gasteiger partial charge in [0.15, 0.2) is 0 Å². The van der Waals surface area contributed by atoms with E-state index in [4.69, 9.17) is 5.73 Å². The lowest BCUT2D eigenvalue weighted by atomic mass is 10.0. The molecule has 1 rings (SSSR count). The number of anilines is 1. The number of aromatic nitrogens is 2. The molecule has 4 nitrogen and oxygen atoms in total. The van der Waals surface area contributed by atoms with Gasteiger partial charge in [-0.25, -0.2) is 9.97 Å². The molecule has 0 aliphatic heterocycles. The lowest BCUT2D eigenvalue weighted by Gasteiger charge is -2.16. The van der Waals surface area contributed by atoms with E-state index in [2.05, 4.69) is 23.8 Å². The third-order valence-electron chi connectivity index (χ3n) is 2.63. The Morgan fingerprint density at radius 2 is 1.56 bits per heavy atom. The summed E-state index contributed by atoms with van der Waals surface area (Å²) in [6, 6.07) is 0. The second-order valence-corrected chi connectivity index (χ2v) is 4.04. The van der Waals surface area contributed by atoms with Gasteiger partial charge in [0.25, 0.3) is 0 Å². The predicted molar refractivity (Wildman–Crippen MR) is 67.9 cm³/mol. The zero-order valence-electron chi connectivity index (χ0n) is 10.7. The van der Waals surface area contributed by atoms with Crippen LogP contribution in [0.5, 0.6) is 0 Å². The van der Waals surface area contributed by atoms with E-state index in [0.29, 0.717) is 6.54 Å². The van der Waals surface area contributed by atoms with E-state index >= 15 is 0 Å². The molecule has 0 amide bonds. The van der Waals surface area contributed by atoms with Crippen molar-refractivity contribution in [3.05, 3.63) is 17.0 Å². The van der Waals surface area contributed by atoms with Crippen molar-refractivity contribution in [1.82, 2.24) is 9.97 Å². The first-order valence-electron chi connectivity index (χ1n) is 5.90. The first-order chi connectivity index (χ1) is 7.63. The van der Waals surface area contributed by atoms with Crippen molar-refractivity contribution in [2.45, 2.75) is 33.1 Å². The minimum atomic E-state index is 0.657. The molecule has 0 aromatic carbocycles. The Morgan fingerprint density at radius 3 is 1.88 bits per heavy atom. The number of hydrogen-bond donors (Lipinski definition) is 1. The molecular formula is C12H22N4. The first kappa shape index (κ1) is 12.9. The summed E-state index contributed by atoms with van der Waals surface area (Å²) >= 11 is 0. The molecule has 0 radical (unpaired) electrons. The van der Waals surface area contributed by atoms with E-state index in [0.717, 1.165) is 36.6 Å².